The lowest BCUT2D eigenvalue weighted by Crippen LogP contribution is -2.32. The summed E-state index contributed by atoms with van der Waals surface area (Å²) in [7, 11) is 1.70. The van der Waals surface area contributed by atoms with E-state index in [4.69, 9.17) is 14.5 Å². The van der Waals surface area contributed by atoms with Crippen molar-refractivity contribution in [2.45, 2.75) is 32.5 Å². The highest BCUT2D eigenvalue weighted by atomic mass is 32.1. The van der Waals surface area contributed by atoms with E-state index in [1.165, 1.54) is 11.1 Å². The number of hydrogen-bond acceptors (Lipinski definition) is 7. The number of rotatable bonds is 5. The van der Waals surface area contributed by atoms with Crippen molar-refractivity contribution in [1.82, 2.24) is 15.0 Å². The van der Waals surface area contributed by atoms with Crippen LogP contribution in [0, 0.1) is 0 Å². The number of thiophene rings is 1. The van der Waals surface area contributed by atoms with Gasteiger partial charge in [-0.05, 0) is 19.4 Å². The summed E-state index contributed by atoms with van der Waals surface area (Å²) in [5, 5.41) is 4.51. The van der Waals surface area contributed by atoms with Gasteiger partial charge in [0.15, 0.2) is 0 Å². The number of aromatic nitrogens is 3. The van der Waals surface area contributed by atoms with E-state index in [0.29, 0.717) is 19.8 Å². The van der Waals surface area contributed by atoms with Gasteiger partial charge >= 0.3 is 0 Å². The number of pyridine rings is 1. The summed E-state index contributed by atoms with van der Waals surface area (Å²) in [5.74, 6) is 0.835. The number of nitrogens with zero attached hydrogens (tertiary/aromatic N) is 3. The van der Waals surface area contributed by atoms with Gasteiger partial charge in [-0.25, -0.2) is 15.0 Å². The van der Waals surface area contributed by atoms with Crippen molar-refractivity contribution in [3.05, 3.63) is 47.8 Å². The van der Waals surface area contributed by atoms with Crippen LogP contribution in [-0.4, -0.2) is 40.8 Å². The fraction of sp³-hybridized carbons (Fsp3) is 0.348. The van der Waals surface area contributed by atoms with E-state index in [1.54, 1.807) is 24.8 Å². The minimum atomic E-state index is -0.226. The maximum Gasteiger partial charge on any atom is 0.147 e. The Balaban J connectivity index is 1.77. The number of nitrogens with one attached hydrogen (secondary N) is 1. The lowest BCUT2D eigenvalue weighted by molar-refractivity contribution is -0.0394. The van der Waals surface area contributed by atoms with Crippen molar-refractivity contribution in [2.24, 2.45) is 0 Å². The Morgan fingerprint density at radius 1 is 1.17 bits per heavy atom. The zero-order chi connectivity index (χ0) is 20.7. The molecule has 0 atom stereocenters. The lowest BCUT2D eigenvalue weighted by atomic mass is 9.88. The highest BCUT2D eigenvalue weighted by Crippen LogP contribution is 2.43. The molecule has 5 rings (SSSR count). The molecule has 6 nitrogen and oxygen atoms in total. The third kappa shape index (κ3) is 3.33. The molecule has 0 saturated carbocycles. The zero-order valence-electron chi connectivity index (χ0n) is 17.4. The van der Waals surface area contributed by atoms with Crippen LogP contribution in [0.5, 0.6) is 0 Å². The summed E-state index contributed by atoms with van der Waals surface area (Å²) < 4.78 is 12.4. The number of fused-ring (bicyclic) bond motifs is 5. The van der Waals surface area contributed by atoms with Crippen LogP contribution < -0.4 is 5.32 Å². The van der Waals surface area contributed by atoms with Gasteiger partial charge in [0.1, 0.15) is 17.0 Å². The van der Waals surface area contributed by atoms with E-state index in [-0.39, 0.29) is 5.60 Å². The van der Waals surface area contributed by atoms with E-state index in [0.717, 1.165) is 43.9 Å². The van der Waals surface area contributed by atoms with Gasteiger partial charge in [0.25, 0.3) is 0 Å². The number of anilines is 1. The van der Waals surface area contributed by atoms with Gasteiger partial charge in [-0.15, -0.1) is 11.3 Å². The molecule has 0 aliphatic carbocycles. The molecular formula is C23H24N4O2S. The van der Waals surface area contributed by atoms with Gasteiger partial charge in [0.2, 0.25) is 0 Å². The number of methoxy groups -OCH3 is 1. The van der Waals surface area contributed by atoms with Gasteiger partial charge in [0.05, 0.1) is 34.7 Å². The summed E-state index contributed by atoms with van der Waals surface area (Å²) in [4.78, 5) is 15.2. The Labute approximate surface area is 179 Å². The number of hydrogen-bond donors (Lipinski definition) is 1. The summed E-state index contributed by atoms with van der Waals surface area (Å²) in [6.45, 7) is 6.15. The predicted octanol–water partition coefficient (Wildman–Crippen LogP) is 4.82. The Morgan fingerprint density at radius 3 is 2.80 bits per heavy atom. The number of ether oxygens (including phenoxy) is 2. The Bertz CT molecular complexity index is 1220. The normalized spacial score (nSPS) is 15.4. The summed E-state index contributed by atoms with van der Waals surface area (Å²) >= 11 is 1.65. The Kier molecular flexibility index (Phi) is 4.89. The molecule has 154 valence electrons. The van der Waals surface area contributed by atoms with Crippen LogP contribution in [0.15, 0.2) is 36.7 Å². The molecule has 0 bridgehead atoms. The topological polar surface area (TPSA) is 69.2 Å². The van der Waals surface area contributed by atoms with Gasteiger partial charge in [0, 0.05) is 36.6 Å². The van der Waals surface area contributed by atoms with E-state index in [9.17, 15) is 0 Å². The quantitative estimate of drug-likeness (QED) is 0.467. The second-order valence-electron chi connectivity index (χ2n) is 8.11. The highest BCUT2D eigenvalue weighted by Gasteiger charge is 2.32. The van der Waals surface area contributed by atoms with Crippen molar-refractivity contribution < 1.29 is 9.47 Å². The van der Waals surface area contributed by atoms with E-state index in [1.807, 2.05) is 6.07 Å². The van der Waals surface area contributed by atoms with E-state index < -0.39 is 0 Å². The average molecular weight is 421 g/mol. The monoisotopic (exact) mass is 420 g/mol. The molecule has 0 unspecified atom stereocenters. The summed E-state index contributed by atoms with van der Waals surface area (Å²) in [5.41, 5.74) is 5.31. The van der Waals surface area contributed by atoms with E-state index >= 15 is 0 Å². The standard InChI is InChI=1S/C23H24N4O2S/c1-23(2)11-15-16(12-29-23)18(14-7-5-4-6-8-14)27-22-17(15)19-20(30-22)21(26-13-25-19)24-9-10-28-3/h4-8,13H,9-12H2,1-3H3,(H,24,25,26). The molecule has 7 heteroatoms. The second kappa shape index (κ2) is 7.58. The van der Waals surface area contributed by atoms with Crippen molar-refractivity contribution in [3.8, 4) is 11.3 Å². The maximum absolute atomic E-state index is 6.19. The van der Waals surface area contributed by atoms with Crippen LogP contribution in [0.4, 0.5) is 5.82 Å². The first-order valence-corrected chi connectivity index (χ1v) is 10.9. The molecule has 0 saturated heterocycles. The molecule has 4 heterocycles. The fourth-order valence-corrected chi connectivity index (χ4v) is 5.16. The van der Waals surface area contributed by atoms with Gasteiger partial charge < -0.3 is 14.8 Å². The average Bonchev–Trinajstić information content (AvgIpc) is 3.13. The summed E-state index contributed by atoms with van der Waals surface area (Å²) in [6, 6.07) is 10.4. The fourth-order valence-electron chi connectivity index (χ4n) is 4.04. The molecule has 1 aliphatic heterocycles. The summed E-state index contributed by atoms with van der Waals surface area (Å²) in [6.07, 6.45) is 2.45. The third-order valence-corrected chi connectivity index (χ3v) is 6.55. The van der Waals surface area contributed by atoms with Crippen molar-refractivity contribution in [2.75, 3.05) is 25.6 Å². The van der Waals surface area contributed by atoms with Gasteiger partial charge in [-0.1, -0.05) is 30.3 Å². The van der Waals surface area contributed by atoms with Crippen LogP contribution >= 0.6 is 11.3 Å². The third-order valence-electron chi connectivity index (χ3n) is 5.47. The van der Waals surface area contributed by atoms with Gasteiger partial charge in [-0.3, -0.25) is 0 Å². The Morgan fingerprint density at radius 2 is 2.00 bits per heavy atom. The SMILES string of the molecule is COCCNc1ncnc2c1sc1nc(-c3ccccc3)c3c(c12)CC(C)(C)OC3. The first-order valence-electron chi connectivity index (χ1n) is 10.1. The van der Waals surface area contributed by atoms with Crippen LogP contribution in [0.1, 0.15) is 25.0 Å². The van der Waals surface area contributed by atoms with Crippen LogP contribution in [0.3, 0.4) is 0 Å². The molecule has 1 aliphatic rings. The minimum Gasteiger partial charge on any atom is -0.383 e. The molecule has 3 aromatic heterocycles. The molecule has 0 spiro atoms. The molecule has 1 aromatic carbocycles. The van der Waals surface area contributed by atoms with Crippen molar-refractivity contribution in [3.63, 3.8) is 0 Å². The minimum absolute atomic E-state index is 0.226. The van der Waals surface area contributed by atoms with Crippen molar-refractivity contribution in [1.29, 1.82) is 0 Å². The molecular weight excluding hydrogens is 396 g/mol. The van der Waals surface area contributed by atoms with Crippen LogP contribution in [-0.2, 0) is 22.5 Å². The molecule has 0 amide bonds. The van der Waals surface area contributed by atoms with Gasteiger partial charge in [-0.2, -0.15) is 0 Å². The first kappa shape index (κ1) is 19.4. The lowest BCUT2D eigenvalue weighted by Gasteiger charge is -2.33. The molecule has 0 fully saturated rings. The van der Waals surface area contributed by atoms with Crippen LogP contribution in [0.2, 0.25) is 0 Å². The smallest absolute Gasteiger partial charge is 0.147 e. The molecule has 4 aromatic rings. The van der Waals surface area contributed by atoms with Crippen LogP contribution in [0.25, 0.3) is 31.7 Å². The molecule has 0 radical (unpaired) electrons. The molecule has 30 heavy (non-hydrogen) atoms. The van der Waals surface area contributed by atoms with E-state index in [2.05, 4.69) is 53.4 Å². The number of benzene rings is 1. The largest absolute Gasteiger partial charge is 0.383 e. The maximum atomic E-state index is 6.19. The zero-order valence-corrected chi connectivity index (χ0v) is 18.2. The Hall–Kier alpha value is -2.61. The predicted molar refractivity (Wildman–Crippen MR) is 121 cm³/mol. The molecule has 1 N–H and O–H groups in total. The second-order valence-corrected chi connectivity index (χ2v) is 9.11. The van der Waals surface area contributed by atoms with Crippen molar-refractivity contribution >= 4 is 37.6 Å². The highest BCUT2D eigenvalue weighted by molar-refractivity contribution is 7.26. The first-order chi connectivity index (χ1) is 14.6.